The molecule has 1 saturated carbocycles. The second kappa shape index (κ2) is 7.69. The topological polar surface area (TPSA) is 121 Å². The summed E-state index contributed by atoms with van der Waals surface area (Å²) in [4.78, 5) is 26.5. The van der Waals surface area contributed by atoms with E-state index in [0.29, 0.717) is 37.7 Å². The van der Waals surface area contributed by atoms with Crippen molar-refractivity contribution in [2.45, 2.75) is 49.6 Å². The Labute approximate surface area is 190 Å². The standard InChI is InChI=1S/C25H27N3O3S/c1-31-24(30)22-19-18-16(10-11-17(26)21(18)32-22)25(28,23(29)20(19)27)15-9-5-8-14(12-15)13-6-3-2-4-7-13/h5,8-13,20H,2-4,6-7,26-28H2,1H3. The van der Waals surface area contributed by atoms with Gasteiger partial charge >= 0.3 is 5.97 Å². The summed E-state index contributed by atoms with van der Waals surface area (Å²) in [7, 11) is 1.31. The van der Waals surface area contributed by atoms with Crippen LogP contribution in [0.2, 0.25) is 0 Å². The average molecular weight is 450 g/mol. The highest BCUT2D eigenvalue weighted by Crippen LogP contribution is 2.49. The van der Waals surface area contributed by atoms with Crippen LogP contribution in [-0.2, 0) is 15.1 Å². The monoisotopic (exact) mass is 449 g/mol. The molecule has 0 amide bonds. The van der Waals surface area contributed by atoms with Crippen LogP contribution in [0.3, 0.4) is 0 Å². The first-order valence-electron chi connectivity index (χ1n) is 11.0. The first-order valence-corrected chi connectivity index (χ1v) is 11.8. The van der Waals surface area contributed by atoms with E-state index in [1.165, 1.54) is 43.3 Å². The second-order valence-electron chi connectivity index (χ2n) is 8.85. The van der Waals surface area contributed by atoms with Crippen molar-refractivity contribution in [2.75, 3.05) is 12.8 Å². The Morgan fingerprint density at radius 3 is 2.62 bits per heavy atom. The molecule has 2 unspecified atom stereocenters. The largest absolute Gasteiger partial charge is 0.465 e. The molecule has 0 saturated heterocycles. The normalized spacial score (nSPS) is 23.5. The molecule has 1 fully saturated rings. The molecule has 0 spiro atoms. The summed E-state index contributed by atoms with van der Waals surface area (Å²) in [5.41, 5.74) is 21.8. The van der Waals surface area contributed by atoms with E-state index in [1.807, 2.05) is 12.1 Å². The van der Waals surface area contributed by atoms with Gasteiger partial charge in [0.05, 0.1) is 17.9 Å². The SMILES string of the molecule is COC(=O)c1sc2c(N)ccc3c2c1C(N)C(=O)C3(N)c1cccc(C2CCCCC2)c1. The molecule has 7 heteroatoms. The third-order valence-electron chi connectivity index (χ3n) is 7.10. The fourth-order valence-corrected chi connectivity index (χ4v) is 6.61. The molecule has 2 aliphatic rings. The van der Waals surface area contributed by atoms with Crippen LogP contribution < -0.4 is 17.2 Å². The van der Waals surface area contributed by atoms with Crippen LogP contribution in [0.15, 0.2) is 36.4 Å². The lowest BCUT2D eigenvalue weighted by Gasteiger charge is -2.37. The van der Waals surface area contributed by atoms with Crippen molar-refractivity contribution in [3.63, 3.8) is 0 Å². The molecule has 2 aliphatic carbocycles. The zero-order valence-corrected chi connectivity index (χ0v) is 18.8. The molecule has 2 aromatic carbocycles. The lowest BCUT2D eigenvalue weighted by Crippen LogP contribution is -2.52. The van der Waals surface area contributed by atoms with Crippen molar-refractivity contribution < 1.29 is 14.3 Å². The molecule has 6 nitrogen and oxygen atoms in total. The molecule has 0 bridgehead atoms. The van der Waals surface area contributed by atoms with Gasteiger partial charge in [-0.2, -0.15) is 0 Å². The van der Waals surface area contributed by atoms with Crippen molar-refractivity contribution in [1.29, 1.82) is 0 Å². The van der Waals surface area contributed by atoms with E-state index in [4.69, 9.17) is 21.9 Å². The Morgan fingerprint density at radius 2 is 1.91 bits per heavy atom. The zero-order chi connectivity index (χ0) is 22.6. The van der Waals surface area contributed by atoms with Crippen molar-refractivity contribution in [3.05, 3.63) is 63.5 Å². The summed E-state index contributed by atoms with van der Waals surface area (Å²) in [6.45, 7) is 0. The number of methoxy groups -OCH3 is 1. The van der Waals surface area contributed by atoms with E-state index in [2.05, 4.69) is 12.1 Å². The number of nitrogen functional groups attached to an aromatic ring is 1. The minimum absolute atomic E-state index is 0.306. The maximum Gasteiger partial charge on any atom is 0.348 e. The van der Waals surface area contributed by atoms with Crippen LogP contribution in [0.25, 0.3) is 10.1 Å². The number of ether oxygens (including phenoxy) is 1. The number of carbonyl (C=O) groups excluding carboxylic acids is 2. The molecule has 5 rings (SSSR count). The van der Waals surface area contributed by atoms with Gasteiger partial charge in [-0.1, -0.05) is 49.6 Å². The van der Waals surface area contributed by atoms with Crippen LogP contribution >= 0.6 is 11.3 Å². The first-order chi connectivity index (χ1) is 15.4. The van der Waals surface area contributed by atoms with Gasteiger partial charge in [0.25, 0.3) is 0 Å². The number of hydrogen-bond donors (Lipinski definition) is 3. The highest BCUT2D eigenvalue weighted by atomic mass is 32.1. The minimum atomic E-state index is -1.42. The molecular weight excluding hydrogens is 422 g/mol. The number of rotatable bonds is 3. The first kappa shape index (κ1) is 21.1. The van der Waals surface area contributed by atoms with Crippen LogP contribution in [0.1, 0.15) is 76.0 Å². The third-order valence-corrected chi connectivity index (χ3v) is 8.34. The summed E-state index contributed by atoms with van der Waals surface area (Å²) >= 11 is 1.20. The molecule has 2 atom stereocenters. The van der Waals surface area contributed by atoms with Gasteiger partial charge in [-0.15, -0.1) is 11.3 Å². The average Bonchev–Trinajstić information content (AvgIpc) is 3.24. The van der Waals surface area contributed by atoms with Crippen LogP contribution in [0, 0.1) is 0 Å². The minimum Gasteiger partial charge on any atom is -0.465 e. The van der Waals surface area contributed by atoms with Crippen molar-refractivity contribution >= 4 is 38.9 Å². The molecule has 32 heavy (non-hydrogen) atoms. The number of carbonyl (C=O) groups is 2. The van der Waals surface area contributed by atoms with Gasteiger partial charge < -0.3 is 21.9 Å². The van der Waals surface area contributed by atoms with Crippen molar-refractivity contribution in [2.24, 2.45) is 11.5 Å². The third kappa shape index (κ3) is 2.92. The van der Waals surface area contributed by atoms with E-state index in [-0.39, 0.29) is 5.78 Å². The lowest BCUT2D eigenvalue weighted by molar-refractivity contribution is -0.124. The highest BCUT2D eigenvalue weighted by Gasteiger charge is 2.49. The Bertz CT molecular complexity index is 1240. The maximum absolute atomic E-state index is 13.8. The molecule has 0 aliphatic heterocycles. The molecule has 1 heterocycles. The quantitative estimate of drug-likeness (QED) is 0.409. The highest BCUT2D eigenvalue weighted by molar-refractivity contribution is 7.21. The number of nitrogens with two attached hydrogens (primary N) is 3. The number of esters is 1. The molecule has 0 radical (unpaired) electrons. The summed E-state index contributed by atoms with van der Waals surface area (Å²) in [5, 5.41) is 0.702. The summed E-state index contributed by atoms with van der Waals surface area (Å²) in [6.07, 6.45) is 6.02. The van der Waals surface area contributed by atoms with Crippen LogP contribution in [-0.4, -0.2) is 18.9 Å². The smallest absolute Gasteiger partial charge is 0.348 e. The summed E-state index contributed by atoms with van der Waals surface area (Å²) in [5.74, 6) is -0.382. The Morgan fingerprint density at radius 1 is 1.16 bits per heavy atom. The Hall–Kier alpha value is -2.74. The molecule has 6 N–H and O–H groups in total. The van der Waals surface area contributed by atoms with E-state index >= 15 is 0 Å². The number of hydrogen-bond acceptors (Lipinski definition) is 7. The fraction of sp³-hybridized carbons (Fsp3) is 0.360. The number of thiophene rings is 1. The van der Waals surface area contributed by atoms with Crippen molar-refractivity contribution in [1.82, 2.24) is 0 Å². The van der Waals surface area contributed by atoms with Gasteiger partial charge in [-0.3, -0.25) is 4.79 Å². The van der Waals surface area contributed by atoms with Gasteiger partial charge in [0, 0.05) is 16.6 Å². The predicted octanol–water partition coefficient (Wildman–Crippen LogP) is 4.10. The second-order valence-corrected chi connectivity index (χ2v) is 9.87. The zero-order valence-electron chi connectivity index (χ0n) is 18.0. The molecule has 166 valence electrons. The maximum atomic E-state index is 13.8. The summed E-state index contributed by atoms with van der Waals surface area (Å²) in [6, 6.07) is 10.6. The Kier molecular flexibility index (Phi) is 5.08. The number of benzene rings is 2. The van der Waals surface area contributed by atoms with E-state index in [9.17, 15) is 9.59 Å². The van der Waals surface area contributed by atoms with Gasteiger partial charge in [-0.25, -0.2) is 4.79 Å². The lowest BCUT2D eigenvalue weighted by atomic mass is 9.70. The number of Topliss-reactive ketones (excluding diaryl/α,β-unsaturated/α-hetero) is 1. The van der Waals surface area contributed by atoms with E-state index in [1.54, 1.807) is 12.1 Å². The summed E-state index contributed by atoms with van der Waals surface area (Å²) < 4.78 is 5.66. The number of anilines is 1. The Balaban J connectivity index is 1.74. The van der Waals surface area contributed by atoms with Gasteiger partial charge in [0.15, 0.2) is 5.78 Å². The van der Waals surface area contributed by atoms with Crippen molar-refractivity contribution in [3.8, 4) is 0 Å². The predicted molar refractivity (Wildman–Crippen MR) is 127 cm³/mol. The molecular formula is C25H27N3O3S. The molecule has 1 aromatic heterocycles. The van der Waals surface area contributed by atoms with E-state index < -0.39 is 17.6 Å². The van der Waals surface area contributed by atoms with Crippen LogP contribution in [0.5, 0.6) is 0 Å². The van der Waals surface area contributed by atoms with Gasteiger partial charge in [0.2, 0.25) is 0 Å². The van der Waals surface area contributed by atoms with Crippen LogP contribution in [0.4, 0.5) is 5.69 Å². The van der Waals surface area contributed by atoms with Gasteiger partial charge in [-0.05, 0) is 41.5 Å². The fourth-order valence-electron chi connectivity index (χ4n) is 5.40. The van der Waals surface area contributed by atoms with E-state index in [0.717, 1.165) is 18.4 Å². The number of ketones is 1. The molecule has 3 aromatic rings. The van der Waals surface area contributed by atoms with Gasteiger partial charge in [0.1, 0.15) is 10.4 Å².